The molecular formula is C18H19F2N3O. The van der Waals surface area contributed by atoms with Gasteiger partial charge in [0.25, 0.3) is 0 Å². The number of nitrogens with zero attached hydrogens (tertiary/aromatic N) is 3. The van der Waals surface area contributed by atoms with Crippen LogP contribution in [-0.2, 0) is 13.1 Å². The van der Waals surface area contributed by atoms with E-state index in [4.69, 9.17) is 0 Å². The number of aromatic nitrogens is 2. The van der Waals surface area contributed by atoms with E-state index in [1.807, 2.05) is 42.3 Å². The highest BCUT2D eigenvalue weighted by atomic mass is 19.2. The summed E-state index contributed by atoms with van der Waals surface area (Å²) in [5.41, 5.74) is 2.01. The largest absolute Gasteiger partial charge is 0.390 e. The lowest BCUT2D eigenvalue weighted by atomic mass is 10.2. The fraction of sp³-hybridized carbons (Fsp3) is 0.278. The SMILES string of the molecule is CN(Cc1ccccc1)C[C@H](O)Cn1cnc2cc(F)c(F)cc21. The van der Waals surface area contributed by atoms with Crippen molar-refractivity contribution in [1.29, 1.82) is 0 Å². The maximum atomic E-state index is 13.4. The molecule has 0 aliphatic carbocycles. The maximum Gasteiger partial charge on any atom is 0.161 e. The van der Waals surface area contributed by atoms with Gasteiger partial charge in [0.2, 0.25) is 0 Å². The van der Waals surface area contributed by atoms with E-state index in [0.29, 0.717) is 17.6 Å². The lowest BCUT2D eigenvalue weighted by Gasteiger charge is -2.21. The lowest BCUT2D eigenvalue weighted by Crippen LogP contribution is -2.31. The minimum Gasteiger partial charge on any atom is -0.390 e. The standard InChI is InChI=1S/C18H19F2N3O/c1-22(9-13-5-3-2-4-6-13)10-14(24)11-23-12-21-17-7-15(19)16(20)8-18(17)23/h2-8,12,14,24H,9-11H2,1H3/t14-/m0/s1. The van der Waals surface area contributed by atoms with E-state index >= 15 is 0 Å². The van der Waals surface area contributed by atoms with Gasteiger partial charge in [-0.1, -0.05) is 30.3 Å². The van der Waals surface area contributed by atoms with Gasteiger partial charge in [-0.3, -0.25) is 4.90 Å². The van der Waals surface area contributed by atoms with Crippen molar-refractivity contribution in [3.8, 4) is 0 Å². The van der Waals surface area contributed by atoms with Crippen LogP contribution < -0.4 is 0 Å². The third-order valence-electron chi connectivity index (χ3n) is 3.89. The fourth-order valence-corrected chi connectivity index (χ4v) is 2.80. The number of imidazole rings is 1. The van der Waals surface area contributed by atoms with E-state index in [1.165, 1.54) is 6.33 Å². The third kappa shape index (κ3) is 3.77. The Labute approximate surface area is 139 Å². The first-order valence-electron chi connectivity index (χ1n) is 7.73. The highest BCUT2D eigenvalue weighted by Crippen LogP contribution is 2.18. The minimum atomic E-state index is -0.920. The quantitative estimate of drug-likeness (QED) is 0.755. The maximum absolute atomic E-state index is 13.4. The Bertz CT molecular complexity index is 820. The molecular weight excluding hydrogens is 312 g/mol. The van der Waals surface area contributed by atoms with Crippen molar-refractivity contribution in [3.05, 3.63) is 66.0 Å². The monoisotopic (exact) mass is 331 g/mol. The number of aliphatic hydroxyl groups is 1. The van der Waals surface area contributed by atoms with E-state index in [-0.39, 0.29) is 6.54 Å². The number of aliphatic hydroxyl groups excluding tert-OH is 1. The normalized spacial score (nSPS) is 12.9. The Morgan fingerprint density at radius 1 is 1.17 bits per heavy atom. The Hall–Kier alpha value is -2.31. The average Bonchev–Trinajstić information content (AvgIpc) is 2.90. The van der Waals surface area contributed by atoms with Gasteiger partial charge in [0.15, 0.2) is 11.6 Å². The Morgan fingerprint density at radius 3 is 2.62 bits per heavy atom. The molecule has 0 amide bonds. The Balaban J connectivity index is 1.64. The summed E-state index contributed by atoms with van der Waals surface area (Å²) < 4.78 is 28.3. The number of fused-ring (bicyclic) bond motifs is 1. The van der Waals surface area contributed by atoms with Crippen LogP contribution in [0.5, 0.6) is 0 Å². The molecule has 24 heavy (non-hydrogen) atoms. The highest BCUT2D eigenvalue weighted by Gasteiger charge is 2.13. The van der Waals surface area contributed by atoms with E-state index < -0.39 is 17.7 Å². The summed E-state index contributed by atoms with van der Waals surface area (Å²) in [7, 11) is 1.93. The molecule has 0 saturated heterocycles. The molecule has 0 spiro atoms. The molecule has 1 heterocycles. The van der Waals surface area contributed by atoms with Crippen molar-refractivity contribution in [2.75, 3.05) is 13.6 Å². The van der Waals surface area contributed by atoms with Crippen molar-refractivity contribution in [2.24, 2.45) is 0 Å². The van der Waals surface area contributed by atoms with Crippen LogP contribution in [0.25, 0.3) is 11.0 Å². The van der Waals surface area contributed by atoms with Crippen molar-refractivity contribution in [3.63, 3.8) is 0 Å². The molecule has 0 unspecified atom stereocenters. The summed E-state index contributed by atoms with van der Waals surface area (Å²) in [6, 6.07) is 12.2. The number of hydrogen-bond donors (Lipinski definition) is 1. The number of hydrogen-bond acceptors (Lipinski definition) is 3. The van der Waals surface area contributed by atoms with Crippen LogP contribution in [0.4, 0.5) is 8.78 Å². The summed E-state index contributed by atoms with van der Waals surface area (Å²) in [5, 5.41) is 10.3. The second kappa shape index (κ2) is 7.07. The van der Waals surface area contributed by atoms with E-state index in [1.54, 1.807) is 4.57 Å². The molecule has 4 nitrogen and oxygen atoms in total. The van der Waals surface area contributed by atoms with Crippen molar-refractivity contribution < 1.29 is 13.9 Å². The summed E-state index contributed by atoms with van der Waals surface area (Å²) in [5.74, 6) is -1.84. The molecule has 3 aromatic rings. The van der Waals surface area contributed by atoms with Crippen LogP contribution in [0.3, 0.4) is 0 Å². The van der Waals surface area contributed by atoms with Gasteiger partial charge in [-0.25, -0.2) is 13.8 Å². The number of halogens is 2. The van der Waals surface area contributed by atoms with E-state index in [9.17, 15) is 13.9 Å². The van der Waals surface area contributed by atoms with Crippen LogP contribution in [0.1, 0.15) is 5.56 Å². The van der Waals surface area contributed by atoms with Gasteiger partial charge in [-0.05, 0) is 12.6 Å². The first kappa shape index (κ1) is 16.5. The molecule has 126 valence electrons. The van der Waals surface area contributed by atoms with Gasteiger partial charge < -0.3 is 9.67 Å². The van der Waals surface area contributed by atoms with Crippen LogP contribution >= 0.6 is 0 Å². The van der Waals surface area contributed by atoms with Gasteiger partial charge in [0.1, 0.15) is 0 Å². The Morgan fingerprint density at radius 2 is 1.88 bits per heavy atom. The average molecular weight is 331 g/mol. The molecule has 0 saturated carbocycles. The lowest BCUT2D eigenvalue weighted by molar-refractivity contribution is 0.108. The summed E-state index contributed by atoms with van der Waals surface area (Å²) >= 11 is 0. The van der Waals surface area contributed by atoms with Crippen molar-refractivity contribution >= 4 is 11.0 Å². The van der Waals surface area contributed by atoms with Gasteiger partial charge in [-0.2, -0.15) is 0 Å². The zero-order valence-corrected chi connectivity index (χ0v) is 13.4. The zero-order chi connectivity index (χ0) is 17.1. The van der Waals surface area contributed by atoms with Crippen molar-refractivity contribution in [2.45, 2.75) is 19.2 Å². The van der Waals surface area contributed by atoms with Crippen molar-refractivity contribution in [1.82, 2.24) is 14.5 Å². The van der Waals surface area contributed by atoms with Gasteiger partial charge in [0, 0.05) is 25.2 Å². The van der Waals surface area contributed by atoms with E-state index in [2.05, 4.69) is 4.98 Å². The highest BCUT2D eigenvalue weighted by molar-refractivity contribution is 5.75. The molecule has 0 aliphatic heterocycles. The number of likely N-dealkylation sites (N-methyl/N-ethyl adjacent to an activating group) is 1. The second-order valence-electron chi connectivity index (χ2n) is 5.99. The number of benzene rings is 2. The van der Waals surface area contributed by atoms with E-state index in [0.717, 1.165) is 24.2 Å². The zero-order valence-electron chi connectivity index (χ0n) is 13.4. The summed E-state index contributed by atoms with van der Waals surface area (Å²) in [6.45, 7) is 1.45. The fourth-order valence-electron chi connectivity index (χ4n) is 2.80. The van der Waals surface area contributed by atoms with Gasteiger partial charge >= 0.3 is 0 Å². The smallest absolute Gasteiger partial charge is 0.161 e. The molecule has 1 N–H and O–H groups in total. The molecule has 0 bridgehead atoms. The molecule has 1 aromatic heterocycles. The summed E-state index contributed by atoms with van der Waals surface area (Å²) in [4.78, 5) is 6.07. The molecule has 1 atom stereocenters. The first-order valence-corrected chi connectivity index (χ1v) is 7.73. The molecule has 0 aliphatic rings. The minimum absolute atomic E-state index is 0.265. The third-order valence-corrected chi connectivity index (χ3v) is 3.89. The number of rotatable bonds is 6. The van der Waals surface area contributed by atoms with Crippen LogP contribution in [-0.4, -0.2) is 39.3 Å². The van der Waals surface area contributed by atoms with Crippen LogP contribution in [0.2, 0.25) is 0 Å². The van der Waals surface area contributed by atoms with Crippen LogP contribution in [0.15, 0.2) is 48.8 Å². The van der Waals surface area contributed by atoms with Crippen LogP contribution in [0, 0.1) is 11.6 Å². The second-order valence-corrected chi connectivity index (χ2v) is 5.99. The molecule has 3 rings (SSSR count). The summed E-state index contributed by atoms with van der Waals surface area (Å²) in [6.07, 6.45) is 0.841. The molecule has 2 aromatic carbocycles. The first-order chi connectivity index (χ1) is 11.5. The van der Waals surface area contributed by atoms with Gasteiger partial charge in [0.05, 0.1) is 30.0 Å². The Kier molecular flexibility index (Phi) is 4.87. The topological polar surface area (TPSA) is 41.3 Å². The van der Waals surface area contributed by atoms with Gasteiger partial charge in [-0.15, -0.1) is 0 Å². The molecule has 6 heteroatoms. The predicted octanol–water partition coefficient (Wildman–Crippen LogP) is 2.81. The predicted molar refractivity (Wildman–Crippen MR) is 88.4 cm³/mol. The molecule has 0 radical (unpaired) electrons. The molecule has 0 fully saturated rings.